The summed E-state index contributed by atoms with van der Waals surface area (Å²) in [5.74, 6) is 1.53. The summed E-state index contributed by atoms with van der Waals surface area (Å²) in [6.07, 6.45) is 0.662. The number of hydroxylamine groups is 1. The van der Waals surface area contributed by atoms with Crippen molar-refractivity contribution in [3.63, 3.8) is 0 Å². The molecule has 2 N–H and O–H groups in total. The number of benzene rings is 2. The molecule has 0 radical (unpaired) electrons. The highest BCUT2D eigenvalue weighted by molar-refractivity contribution is 5.76. The number of rotatable bonds is 7. The van der Waals surface area contributed by atoms with Crippen LogP contribution in [-0.4, -0.2) is 25.7 Å². The lowest BCUT2D eigenvalue weighted by Crippen LogP contribution is -2.37. The smallest absolute Gasteiger partial charge is 0.247 e. The number of amides is 1. The van der Waals surface area contributed by atoms with Gasteiger partial charge in [0.15, 0.2) is 0 Å². The van der Waals surface area contributed by atoms with Crippen LogP contribution in [0.2, 0.25) is 0 Å². The summed E-state index contributed by atoms with van der Waals surface area (Å²) in [6.45, 7) is 8.60. The molecule has 0 aromatic heterocycles. The van der Waals surface area contributed by atoms with E-state index in [0.29, 0.717) is 11.7 Å². The van der Waals surface area contributed by atoms with Crippen molar-refractivity contribution in [3.8, 4) is 11.5 Å². The van der Waals surface area contributed by atoms with Crippen LogP contribution in [0.5, 0.6) is 11.5 Å². The Balaban J connectivity index is 2.03. The Bertz CT molecular complexity index is 910. The third-order valence-corrected chi connectivity index (χ3v) is 5.58. The van der Waals surface area contributed by atoms with Crippen LogP contribution in [0.15, 0.2) is 36.4 Å². The first-order chi connectivity index (χ1) is 14.3. The maximum Gasteiger partial charge on any atom is 0.247 e. The highest BCUT2D eigenvalue weighted by atomic mass is 16.6. The van der Waals surface area contributed by atoms with E-state index in [1.807, 2.05) is 31.2 Å². The van der Waals surface area contributed by atoms with E-state index in [9.17, 15) is 4.79 Å². The molecular formula is C24H32N2O4. The van der Waals surface area contributed by atoms with Gasteiger partial charge in [-0.15, -0.1) is 0 Å². The molecule has 1 heterocycles. The average molecular weight is 413 g/mol. The molecule has 2 aromatic carbocycles. The summed E-state index contributed by atoms with van der Waals surface area (Å²) in [7, 11) is 3.07. The monoisotopic (exact) mass is 412 g/mol. The SMILES string of the molecule is CONC(=O)CC(Oc1cccc(OC)c1C)c1cccc2c1[C@@H](C)CC(C)(C)N2. The molecule has 3 rings (SSSR count). The molecule has 0 bridgehead atoms. The van der Waals surface area contributed by atoms with Gasteiger partial charge in [0.1, 0.15) is 17.6 Å². The fourth-order valence-corrected chi connectivity index (χ4v) is 4.44. The maximum atomic E-state index is 12.4. The molecule has 0 saturated carbocycles. The van der Waals surface area contributed by atoms with E-state index in [1.54, 1.807) is 7.11 Å². The van der Waals surface area contributed by atoms with E-state index < -0.39 is 6.10 Å². The number of carbonyl (C=O) groups is 1. The van der Waals surface area contributed by atoms with Crippen LogP contribution in [0.4, 0.5) is 5.69 Å². The van der Waals surface area contributed by atoms with E-state index >= 15 is 0 Å². The molecule has 1 amide bonds. The molecule has 0 spiro atoms. The zero-order valence-electron chi connectivity index (χ0n) is 18.7. The zero-order chi connectivity index (χ0) is 21.9. The number of fused-ring (bicyclic) bond motifs is 1. The molecule has 0 saturated heterocycles. The fourth-order valence-electron chi connectivity index (χ4n) is 4.44. The van der Waals surface area contributed by atoms with Crippen molar-refractivity contribution in [3.05, 3.63) is 53.1 Å². The zero-order valence-corrected chi connectivity index (χ0v) is 18.7. The van der Waals surface area contributed by atoms with Crippen molar-refractivity contribution in [1.82, 2.24) is 5.48 Å². The molecule has 6 nitrogen and oxygen atoms in total. The molecule has 0 aliphatic carbocycles. The fraction of sp³-hybridized carbons (Fsp3) is 0.458. The Hall–Kier alpha value is -2.73. The molecule has 162 valence electrons. The Morgan fingerprint density at radius 2 is 1.90 bits per heavy atom. The molecule has 6 heteroatoms. The summed E-state index contributed by atoms with van der Waals surface area (Å²) in [5, 5.41) is 3.63. The molecule has 30 heavy (non-hydrogen) atoms. The van der Waals surface area contributed by atoms with Crippen LogP contribution >= 0.6 is 0 Å². The predicted molar refractivity (Wildman–Crippen MR) is 118 cm³/mol. The van der Waals surface area contributed by atoms with E-state index in [4.69, 9.17) is 14.3 Å². The molecule has 1 unspecified atom stereocenters. The second kappa shape index (κ2) is 8.96. The molecule has 0 fully saturated rings. The summed E-state index contributed by atoms with van der Waals surface area (Å²) in [5.41, 5.74) is 6.63. The van der Waals surface area contributed by atoms with Crippen LogP contribution < -0.4 is 20.3 Å². The van der Waals surface area contributed by atoms with E-state index in [-0.39, 0.29) is 17.9 Å². The maximum absolute atomic E-state index is 12.4. The van der Waals surface area contributed by atoms with Crippen LogP contribution in [-0.2, 0) is 9.63 Å². The van der Waals surface area contributed by atoms with Gasteiger partial charge < -0.3 is 14.8 Å². The molecule has 2 atom stereocenters. The van der Waals surface area contributed by atoms with Crippen molar-refractivity contribution >= 4 is 11.6 Å². The van der Waals surface area contributed by atoms with Crippen molar-refractivity contribution in [2.24, 2.45) is 0 Å². The first-order valence-electron chi connectivity index (χ1n) is 10.3. The van der Waals surface area contributed by atoms with Gasteiger partial charge in [0.05, 0.1) is 20.6 Å². The van der Waals surface area contributed by atoms with Gasteiger partial charge in [0.25, 0.3) is 0 Å². The molecule has 1 aliphatic rings. The normalized spacial score (nSPS) is 18.0. The van der Waals surface area contributed by atoms with Gasteiger partial charge in [0.2, 0.25) is 5.91 Å². The van der Waals surface area contributed by atoms with E-state index in [0.717, 1.165) is 29.0 Å². The minimum Gasteiger partial charge on any atom is -0.496 e. The second-order valence-electron chi connectivity index (χ2n) is 8.55. The number of carbonyl (C=O) groups excluding carboxylic acids is 1. The van der Waals surface area contributed by atoms with Crippen molar-refractivity contribution in [2.45, 2.75) is 58.1 Å². The highest BCUT2D eigenvalue weighted by Gasteiger charge is 2.33. The van der Waals surface area contributed by atoms with Gasteiger partial charge >= 0.3 is 0 Å². The molecule has 1 aliphatic heterocycles. The minimum absolute atomic E-state index is 0.0121. The number of methoxy groups -OCH3 is 1. The number of hydrogen-bond acceptors (Lipinski definition) is 5. The van der Waals surface area contributed by atoms with Crippen LogP contribution in [0.3, 0.4) is 0 Å². The van der Waals surface area contributed by atoms with Gasteiger partial charge in [-0.05, 0) is 62.4 Å². The molecule has 2 aromatic rings. The van der Waals surface area contributed by atoms with Crippen molar-refractivity contribution < 1.29 is 19.1 Å². The summed E-state index contributed by atoms with van der Waals surface area (Å²) in [6, 6.07) is 11.8. The third-order valence-electron chi connectivity index (χ3n) is 5.58. The lowest BCUT2D eigenvalue weighted by atomic mass is 9.79. The van der Waals surface area contributed by atoms with Gasteiger partial charge in [0, 0.05) is 16.8 Å². The second-order valence-corrected chi connectivity index (χ2v) is 8.55. The van der Waals surface area contributed by atoms with E-state index in [1.165, 1.54) is 12.7 Å². The van der Waals surface area contributed by atoms with Crippen LogP contribution in [0.25, 0.3) is 0 Å². The third kappa shape index (κ3) is 4.70. The van der Waals surface area contributed by atoms with Gasteiger partial charge in [-0.2, -0.15) is 0 Å². The predicted octanol–water partition coefficient (Wildman–Crippen LogP) is 4.89. The standard InChI is InChI=1S/C24H32N2O4/c1-15-14-24(3,4)25-18-10-7-9-17(23(15)18)21(13-22(27)26-29-6)30-20-12-8-11-19(28-5)16(20)2/h7-12,15,21,25H,13-14H2,1-6H3,(H,26,27)/t15-,21?/m0/s1. The summed E-state index contributed by atoms with van der Waals surface area (Å²) < 4.78 is 11.9. The Morgan fingerprint density at radius 3 is 2.60 bits per heavy atom. The quantitative estimate of drug-likeness (QED) is 0.634. The first kappa shape index (κ1) is 22.0. The lowest BCUT2D eigenvalue weighted by Gasteiger charge is -2.39. The van der Waals surface area contributed by atoms with Gasteiger partial charge in [-0.25, -0.2) is 5.48 Å². The lowest BCUT2D eigenvalue weighted by molar-refractivity contribution is -0.133. The largest absolute Gasteiger partial charge is 0.496 e. The van der Waals surface area contributed by atoms with Crippen molar-refractivity contribution in [2.75, 3.05) is 19.5 Å². The number of nitrogens with one attached hydrogen (secondary N) is 2. The van der Waals surface area contributed by atoms with Gasteiger partial charge in [-0.1, -0.05) is 25.1 Å². The first-order valence-corrected chi connectivity index (χ1v) is 10.3. The molecular weight excluding hydrogens is 380 g/mol. The number of hydrogen-bond donors (Lipinski definition) is 2. The minimum atomic E-state index is -0.466. The Labute approximate surface area is 178 Å². The van der Waals surface area contributed by atoms with Gasteiger partial charge in [-0.3, -0.25) is 9.63 Å². The average Bonchev–Trinajstić information content (AvgIpc) is 2.67. The topological polar surface area (TPSA) is 68.8 Å². The summed E-state index contributed by atoms with van der Waals surface area (Å²) >= 11 is 0. The van der Waals surface area contributed by atoms with E-state index in [2.05, 4.69) is 43.7 Å². The summed E-state index contributed by atoms with van der Waals surface area (Å²) in [4.78, 5) is 17.2. The number of anilines is 1. The highest BCUT2D eigenvalue weighted by Crippen LogP contribution is 2.44. The Morgan fingerprint density at radius 1 is 1.20 bits per heavy atom. The van der Waals surface area contributed by atoms with Crippen LogP contribution in [0, 0.1) is 6.92 Å². The van der Waals surface area contributed by atoms with Crippen LogP contribution in [0.1, 0.15) is 62.3 Å². The Kier molecular flexibility index (Phi) is 6.56. The number of ether oxygens (including phenoxy) is 2. The van der Waals surface area contributed by atoms with Crippen molar-refractivity contribution in [1.29, 1.82) is 0 Å².